The van der Waals surface area contributed by atoms with E-state index in [4.69, 9.17) is 0 Å². The first-order chi connectivity index (χ1) is 9.08. The summed E-state index contributed by atoms with van der Waals surface area (Å²) in [6.07, 6.45) is 0. The number of amides is 1. The smallest absolute Gasteiger partial charge is 0.270 e. The number of carbonyl (C=O) groups excluding carboxylic acids is 1. The standard InChI is InChI=1S/C16H20N2O/c1-11-9-18(10-12(11)2)16(19)15-8-13-6-4-5-7-14(13)17(15)3/h4-8,11-12H,9-10H2,1-3H3. The highest BCUT2D eigenvalue weighted by molar-refractivity contribution is 5.98. The average molecular weight is 256 g/mol. The van der Waals surface area contributed by atoms with Crippen molar-refractivity contribution in [1.82, 2.24) is 9.47 Å². The summed E-state index contributed by atoms with van der Waals surface area (Å²) in [5.41, 5.74) is 1.91. The third-order valence-corrected chi connectivity index (χ3v) is 4.45. The average Bonchev–Trinajstić information content (AvgIpc) is 2.91. The van der Waals surface area contributed by atoms with Crippen LogP contribution in [-0.2, 0) is 7.05 Å². The van der Waals surface area contributed by atoms with E-state index in [2.05, 4.69) is 26.0 Å². The molecule has 0 radical (unpaired) electrons. The largest absolute Gasteiger partial charge is 0.340 e. The topological polar surface area (TPSA) is 25.2 Å². The Balaban J connectivity index is 1.96. The van der Waals surface area contributed by atoms with E-state index in [0.29, 0.717) is 11.8 Å². The molecule has 0 N–H and O–H groups in total. The molecule has 3 rings (SSSR count). The zero-order chi connectivity index (χ0) is 13.6. The Morgan fingerprint density at radius 1 is 1.16 bits per heavy atom. The molecule has 3 heteroatoms. The summed E-state index contributed by atoms with van der Waals surface area (Å²) in [6.45, 7) is 6.20. The van der Waals surface area contributed by atoms with E-state index in [1.807, 2.05) is 34.7 Å². The minimum atomic E-state index is 0.162. The molecule has 1 aromatic carbocycles. The van der Waals surface area contributed by atoms with E-state index < -0.39 is 0 Å². The number of hydrogen-bond acceptors (Lipinski definition) is 1. The first-order valence-corrected chi connectivity index (χ1v) is 6.91. The monoisotopic (exact) mass is 256 g/mol. The van der Waals surface area contributed by atoms with Gasteiger partial charge < -0.3 is 9.47 Å². The van der Waals surface area contributed by atoms with Gasteiger partial charge in [0.2, 0.25) is 0 Å². The summed E-state index contributed by atoms with van der Waals surface area (Å²) in [7, 11) is 1.97. The highest BCUT2D eigenvalue weighted by Gasteiger charge is 2.31. The number of nitrogens with zero attached hydrogens (tertiary/aromatic N) is 2. The Hall–Kier alpha value is -1.77. The maximum absolute atomic E-state index is 12.6. The van der Waals surface area contributed by atoms with Crippen molar-refractivity contribution in [1.29, 1.82) is 0 Å². The van der Waals surface area contributed by atoms with Crippen molar-refractivity contribution in [3.05, 3.63) is 36.0 Å². The molecule has 1 aliphatic heterocycles. The first-order valence-electron chi connectivity index (χ1n) is 6.91. The predicted octanol–water partition coefficient (Wildman–Crippen LogP) is 2.91. The molecule has 0 spiro atoms. The van der Waals surface area contributed by atoms with Crippen LogP contribution in [0, 0.1) is 11.8 Å². The maximum atomic E-state index is 12.6. The van der Waals surface area contributed by atoms with E-state index in [1.54, 1.807) is 0 Å². The summed E-state index contributed by atoms with van der Waals surface area (Å²) < 4.78 is 2.01. The van der Waals surface area contributed by atoms with E-state index in [0.717, 1.165) is 29.7 Å². The molecule has 19 heavy (non-hydrogen) atoms. The molecular weight excluding hydrogens is 236 g/mol. The number of benzene rings is 1. The van der Waals surface area contributed by atoms with Gasteiger partial charge in [-0.2, -0.15) is 0 Å². The molecule has 1 fully saturated rings. The number of likely N-dealkylation sites (tertiary alicyclic amines) is 1. The van der Waals surface area contributed by atoms with Crippen molar-refractivity contribution in [2.45, 2.75) is 13.8 Å². The summed E-state index contributed by atoms with van der Waals surface area (Å²) in [6, 6.07) is 10.1. The molecule has 1 amide bonds. The molecule has 1 saturated heterocycles. The number of carbonyl (C=O) groups is 1. The highest BCUT2D eigenvalue weighted by atomic mass is 16.2. The molecule has 1 aromatic heterocycles. The fourth-order valence-corrected chi connectivity index (χ4v) is 2.95. The zero-order valence-corrected chi connectivity index (χ0v) is 11.8. The van der Waals surface area contributed by atoms with Crippen molar-refractivity contribution < 1.29 is 4.79 Å². The van der Waals surface area contributed by atoms with Gasteiger partial charge in [-0.3, -0.25) is 4.79 Å². The van der Waals surface area contributed by atoms with E-state index in [1.165, 1.54) is 0 Å². The number of aryl methyl sites for hydroxylation is 1. The summed E-state index contributed by atoms with van der Waals surface area (Å²) >= 11 is 0. The lowest BCUT2D eigenvalue weighted by Crippen LogP contribution is -2.30. The molecule has 0 bridgehead atoms. The molecule has 1 aliphatic rings. The number of aromatic nitrogens is 1. The SMILES string of the molecule is CC1CN(C(=O)c2cc3ccccc3n2C)CC1C. The second-order valence-electron chi connectivity index (χ2n) is 5.81. The van der Waals surface area contributed by atoms with Crippen LogP contribution in [0.25, 0.3) is 10.9 Å². The van der Waals surface area contributed by atoms with Crippen LogP contribution in [0.15, 0.2) is 30.3 Å². The van der Waals surface area contributed by atoms with Crippen LogP contribution in [0.3, 0.4) is 0 Å². The van der Waals surface area contributed by atoms with Gasteiger partial charge in [0.25, 0.3) is 5.91 Å². The van der Waals surface area contributed by atoms with Gasteiger partial charge in [0.1, 0.15) is 5.69 Å². The second kappa shape index (κ2) is 4.41. The molecule has 2 aromatic rings. The quantitative estimate of drug-likeness (QED) is 0.770. The van der Waals surface area contributed by atoms with E-state index in [-0.39, 0.29) is 5.91 Å². The summed E-state index contributed by atoms with van der Waals surface area (Å²) in [5.74, 6) is 1.35. The molecular formula is C16H20N2O. The van der Waals surface area contributed by atoms with Crippen molar-refractivity contribution in [2.24, 2.45) is 18.9 Å². The van der Waals surface area contributed by atoms with Gasteiger partial charge in [-0.25, -0.2) is 0 Å². The van der Waals surface area contributed by atoms with Crippen LogP contribution in [-0.4, -0.2) is 28.5 Å². The summed E-state index contributed by atoms with van der Waals surface area (Å²) in [4.78, 5) is 14.6. The maximum Gasteiger partial charge on any atom is 0.270 e. The molecule has 0 aliphatic carbocycles. The minimum Gasteiger partial charge on any atom is -0.340 e. The van der Waals surface area contributed by atoms with Crippen LogP contribution in [0.1, 0.15) is 24.3 Å². The number of fused-ring (bicyclic) bond motifs is 1. The van der Waals surface area contributed by atoms with Crippen molar-refractivity contribution >= 4 is 16.8 Å². The Morgan fingerprint density at radius 3 is 2.42 bits per heavy atom. The van der Waals surface area contributed by atoms with Crippen LogP contribution in [0.4, 0.5) is 0 Å². The third kappa shape index (κ3) is 1.93. The lowest BCUT2D eigenvalue weighted by Gasteiger charge is -2.16. The Bertz CT molecular complexity index is 619. The Labute approximate surface area is 113 Å². The van der Waals surface area contributed by atoms with Gasteiger partial charge in [0.15, 0.2) is 0 Å². The van der Waals surface area contributed by atoms with Crippen LogP contribution in [0.2, 0.25) is 0 Å². The van der Waals surface area contributed by atoms with E-state index in [9.17, 15) is 4.79 Å². The predicted molar refractivity (Wildman–Crippen MR) is 77.2 cm³/mol. The number of para-hydroxylation sites is 1. The lowest BCUT2D eigenvalue weighted by atomic mass is 10.0. The van der Waals surface area contributed by atoms with Gasteiger partial charge in [0, 0.05) is 31.0 Å². The summed E-state index contributed by atoms with van der Waals surface area (Å²) in [5, 5.41) is 1.13. The Kier molecular flexibility index (Phi) is 2.85. The Morgan fingerprint density at radius 2 is 1.79 bits per heavy atom. The molecule has 2 heterocycles. The van der Waals surface area contributed by atoms with Crippen molar-refractivity contribution in [2.75, 3.05) is 13.1 Å². The van der Waals surface area contributed by atoms with Crippen LogP contribution >= 0.6 is 0 Å². The van der Waals surface area contributed by atoms with Crippen molar-refractivity contribution in [3.8, 4) is 0 Å². The van der Waals surface area contributed by atoms with Gasteiger partial charge >= 0.3 is 0 Å². The third-order valence-electron chi connectivity index (χ3n) is 4.45. The lowest BCUT2D eigenvalue weighted by molar-refractivity contribution is 0.0776. The number of rotatable bonds is 1. The van der Waals surface area contributed by atoms with Crippen molar-refractivity contribution in [3.63, 3.8) is 0 Å². The zero-order valence-electron chi connectivity index (χ0n) is 11.8. The highest BCUT2D eigenvalue weighted by Crippen LogP contribution is 2.25. The molecule has 3 nitrogen and oxygen atoms in total. The second-order valence-corrected chi connectivity index (χ2v) is 5.81. The van der Waals surface area contributed by atoms with Gasteiger partial charge in [-0.15, -0.1) is 0 Å². The van der Waals surface area contributed by atoms with E-state index >= 15 is 0 Å². The first kappa shape index (κ1) is 12.3. The van der Waals surface area contributed by atoms with Crippen LogP contribution < -0.4 is 0 Å². The molecule has 2 unspecified atom stereocenters. The molecule has 100 valence electrons. The minimum absolute atomic E-state index is 0.162. The fraction of sp³-hybridized carbons (Fsp3) is 0.438. The van der Waals surface area contributed by atoms with Gasteiger partial charge in [-0.05, 0) is 24.0 Å². The molecule has 2 atom stereocenters. The number of hydrogen-bond donors (Lipinski definition) is 0. The van der Waals surface area contributed by atoms with Crippen LogP contribution in [0.5, 0.6) is 0 Å². The molecule has 0 saturated carbocycles. The fourth-order valence-electron chi connectivity index (χ4n) is 2.95. The van der Waals surface area contributed by atoms with Gasteiger partial charge in [-0.1, -0.05) is 32.0 Å². The van der Waals surface area contributed by atoms with Gasteiger partial charge in [0.05, 0.1) is 0 Å². The normalized spacial score (nSPS) is 23.2.